The Hall–Kier alpha value is -1.11. The molecule has 0 unspecified atom stereocenters. The Kier molecular flexibility index (Phi) is 3.24. The number of halogens is 3. The zero-order chi connectivity index (χ0) is 9.84. The predicted molar refractivity (Wildman–Crippen MR) is 47.3 cm³/mol. The summed E-state index contributed by atoms with van der Waals surface area (Å²) in [4.78, 5) is 0. The molecular weight excluding hydrogens is 196 g/mol. The normalized spacial score (nSPS) is 9.23. The molecule has 68 valence electrons. The highest BCUT2D eigenvalue weighted by molar-refractivity contribution is 6.31. The first kappa shape index (κ1) is 9.97. The molecule has 0 saturated carbocycles. The van der Waals surface area contributed by atoms with Crippen LogP contribution in [-0.4, -0.2) is 6.54 Å². The predicted octanol–water partition coefficient (Wildman–Crippen LogP) is 1.93. The Bertz CT molecular complexity index is 379. The Morgan fingerprint density at radius 3 is 2.54 bits per heavy atom. The van der Waals surface area contributed by atoms with Gasteiger partial charge in [-0.3, -0.25) is 0 Å². The fraction of sp³-hybridized carbons (Fsp3) is 0.111. The molecule has 1 rings (SSSR count). The van der Waals surface area contributed by atoms with Gasteiger partial charge in [0.15, 0.2) is 11.6 Å². The zero-order valence-corrected chi connectivity index (χ0v) is 7.33. The van der Waals surface area contributed by atoms with Gasteiger partial charge in [-0.1, -0.05) is 23.4 Å². The van der Waals surface area contributed by atoms with Crippen molar-refractivity contribution in [1.29, 1.82) is 0 Å². The minimum Gasteiger partial charge on any atom is -0.320 e. The minimum atomic E-state index is -0.983. The zero-order valence-electron chi connectivity index (χ0n) is 6.57. The summed E-state index contributed by atoms with van der Waals surface area (Å²) in [5, 5.41) is 0.0832. The lowest BCUT2D eigenvalue weighted by Crippen LogP contribution is -1.94. The van der Waals surface area contributed by atoms with Crippen molar-refractivity contribution in [3.63, 3.8) is 0 Å². The second-order valence-electron chi connectivity index (χ2n) is 2.25. The largest absolute Gasteiger partial charge is 0.320 e. The Labute approximate surface area is 79.5 Å². The van der Waals surface area contributed by atoms with Crippen LogP contribution in [0.5, 0.6) is 0 Å². The first-order chi connectivity index (χ1) is 6.15. The third-order valence-electron chi connectivity index (χ3n) is 1.34. The Morgan fingerprint density at radius 1 is 1.31 bits per heavy atom. The molecule has 13 heavy (non-hydrogen) atoms. The van der Waals surface area contributed by atoms with Gasteiger partial charge >= 0.3 is 0 Å². The maximum absolute atomic E-state index is 12.7. The summed E-state index contributed by atoms with van der Waals surface area (Å²) in [7, 11) is 0. The molecular formula is C9H6ClF2N. The van der Waals surface area contributed by atoms with Crippen molar-refractivity contribution in [1.82, 2.24) is 0 Å². The maximum atomic E-state index is 12.7. The van der Waals surface area contributed by atoms with E-state index in [1.165, 1.54) is 0 Å². The van der Waals surface area contributed by atoms with Crippen LogP contribution < -0.4 is 5.73 Å². The van der Waals surface area contributed by atoms with Crippen molar-refractivity contribution < 1.29 is 8.78 Å². The smallest absolute Gasteiger partial charge is 0.160 e. The van der Waals surface area contributed by atoms with Crippen molar-refractivity contribution >= 4 is 11.6 Å². The van der Waals surface area contributed by atoms with Crippen LogP contribution in [0.25, 0.3) is 0 Å². The average molecular weight is 202 g/mol. The van der Waals surface area contributed by atoms with E-state index in [9.17, 15) is 8.78 Å². The molecule has 1 nitrogen and oxygen atoms in total. The van der Waals surface area contributed by atoms with Crippen LogP contribution in [0.15, 0.2) is 12.1 Å². The molecule has 2 N–H and O–H groups in total. The number of benzene rings is 1. The van der Waals surface area contributed by atoms with Crippen molar-refractivity contribution in [3.8, 4) is 11.8 Å². The average Bonchev–Trinajstić information content (AvgIpc) is 2.09. The summed E-state index contributed by atoms with van der Waals surface area (Å²) < 4.78 is 25.2. The van der Waals surface area contributed by atoms with E-state index in [2.05, 4.69) is 11.8 Å². The maximum Gasteiger partial charge on any atom is 0.160 e. The quantitative estimate of drug-likeness (QED) is 0.504. The standard InChI is InChI=1S/C9H6ClF2N/c10-7-5-9(12)8(11)4-6(7)2-1-3-13/h4-5H,3,13H2. The summed E-state index contributed by atoms with van der Waals surface area (Å²) in [6, 6.07) is 1.83. The molecule has 0 aliphatic carbocycles. The summed E-state index contributed by atoms with van der Waals surface area (Å²) in [6.07, 6.45) is 0. The van der Waals surface area contributed by atoms with Crippen LogP contribution in [0.4, 0.5) is 8.78 Å². The van der Waals surface area contributed by atoms with Gasteiger partial charge in [0.2, 0.25) is 0 Å². The second kappa shape index (κ2) is 4.22. The van der Waals surface area contributed by atoms with E-state index in [0.717, 1.165) is 12.1 Å². The summed E-state index contributed by atoms with van der Waals surface area (Å²) in [5.41, 5.74) is 5.35. The van der Waals surface area contributed by atoms with Gasteiger partial charge in [0.1, 0.15) is 0 Å². The lowest BCUT2D eigenvalue weighted by Gasteiger charge is -1.96. The monoisotopic (exact) mass is 201 g/mol. The molecule has 1 aromatic carbocycles. The number of nitrogens with two attached hydrogens (primary N) is 1. The molecule has 0 saturated heterocycles. The van der Waals surface area contributed by atoms with E-state index >= 15 is 0 Å². The summed E-state index contributed by atoms with van der Waals surface area (Å²) >= 11 is 5.59. The van der Waals surface area contributed by atoms with E-state index in [4.69, 9.17) is 17.3 Å². The lowest BCUT2D eigenvalue weighted by atomic mass is 10.2. The molecule has 0 atom stereocenters. The molecule has 0 radical (unpaired) electrons. The van der Waals surface area contributed by atoms with Crippen LogP contribution in [0.3, 0.4) is 0 Å². The van der Waals surface area contributed by atoms with Crippen LogP contribution >= 0.6 is 11.6 Å². The van der Waals surface area contributed by atoms with Gasteiger partial charge in [-0.15, -0.1) is 0 Å². The first-order valence-corrected chi connectivity index (χ1v) is 3.86. The molecule has 0 spiro atoms. The molecule has 0 aromatic heterocycles. The molecule has 0 heterocycles. The number of rotatable bonds is 0. The van der Waals surface area contributed by atoms with Gasteiger partial charge in [0.25, 0.3) is 0 Å². The fourth-order valence-electron chi connectivity index (χ4n) is 0.765. The molecule has 0 amide bonds. The van der Waals surface area contributed by atoms with Crippen LogP contribution in [0.1, 0.15) is 5.56 Å². The van der Waals surface area contributed by atoms with E-state index < -0.39 is 11.6 Å². The third-order valence-corrected chi connectivity index (χ3v) is 1.65. The van der Waals surface area contributed by atoms with Crippen molar-refractivity contribution in [2.45, 2.75) is 0 Å². The van der Waals surface area contributed by atoms with Crippen LogP contribution in [-0.2, 0) is 0 Å². The SMILES string of the molecule is NCC#Cc1cc(F)c(F)cc1Cl. The Balaban J connectivity index is 3.16. The van der Waals surface area contributed by atoms with Gasteiger partial charge in [0, 0.05) is 5.56 Å². The molecule has 0 fully saturated rings. The first-order valence-electron chi connectivity index (χ1n) is 3.48. The van der Waals surface area contributed by atoms with Crippen molar-refractivity contribution in [2.75, 3.05) is 6.54 Å². The van der Waals surface area contributed by atoms with Gasteiger partial charge in [-0.25, -0.2) is 8.78 Å². The van der Waals surface area contributed by atoms with E-state index in [0.29, 0.717) is 0 Å². The lowest BCUT2D eigenvalue weighted by molar-refractivity contribution is 0.508. The summed E-state index contributed by atoms with van der Waals surface area (Å²) in [6.45, 7) is 0.148. The fourth-order valence-corrected chi connectivity index (χ4v) is 0.962. The highest BCUT2D eigenvalue weighted by Crippen LogP contribution is 2.18. The van der Waals surface area contributed by atoms with Crippen molar-refractivity contribution in [3.05, 3.63) is 34.4 Å². The number of hydrogen-bond acceptors (Lipinski definition) is 1. The molecule has 0 aliphatic rings. The highest BCUT2D eigenvalue weighted by atomic mass is 35.5. The molecule has 0 aliphatic heterocycles. The van der Waals surface area contributed by atoms with E-state index in [1.54, 1.807) is 0 Å². The second-order valence-corrected chi connectivity index (χ2v) is 2.66. The van der Waals surface area contributed by atoms with Gasteiger partial charge in [-0.2, -0.15) is 0 Å². The van der Waals surface area contributed by atoms with Crippen molar-refractivity contribution in [2.24, 2.45) is 5.73 Å². The van der Waals surface area contributed by atoms with Crippen LogP contribution in [0, 0.1) is 23.5 Å². The van der Waals surface area contributed by atoms with Crippen LogP contribution in [0.2, 0.25) is 5.02 Å². The minimum absolute atomic E-state index is 0.0832. The van der Waals surface area contributed by atoms with E-state index in [-0.39, 0.29) is 17.1 Å². The Morgan fingerprint density at radius 2 is 1.92 bits per heavy atom. The topological polar surface area (TPSA) is 26.0 Å². The summed E-state index contributed by atoms with van der Waals surface area (Å²) in [5.74, 6) is 3.07. The third kappa shape index (κ3) is 2.41. The molecule has 1 aromatic rings. The van der Waals surface area contributed by atoms with Gasteiger partial charge in [0.05, 0.1) is 11.6 Å². The molecule has 4 heteroatoms. The number of hydrogen-bond donors (Lipinski definition) is 1. The van der Waals surface area contributed by atoms with Gasteiger partial charge < -0.3 is 5.73 Å². The van der Waals surface area contributed by atoms with Gasteiger partial charge in [-0.05, 0) is 12.1 Å². The van der Waals surface area contributed by atoms with E-state index in [1.807, 2.05) is 0 Å². The highest BCUT2D eigenvalue weighted by Gasteiger charge is 2.05. The molecule has 0 bridgehead atoms.